The van der Waals surface area contributed by atoms with Gasteiger partial charge in [-0.25, -0.2) is 14.8 Å². The Kier molecular flexibility index (Phi) is 14.1. The molecule has 2 saturated heterocycles. The topological polar surface area (TPSA) is 182 Å². The number of carboxylic acid groups (broad SMARTS) is 1. The lowest BCUT2D eigenvalue weighted by atomic mass is 10.1. The van der Waals surface area contributed by atoms with E-state index in [1.54, 1.807) is 30.7 Å². The largest absolute Gasteiger partial charge is 0.478 e. The second kappa shape index (κ2) is 19.9. The van der Waals surface area contributed by atoms with Gasteiger partial charge in [-0.3, -0.25) is 29.2 Å². The van der Waals surface area contributed by atoms with Gasteiger partial charge in [-0.2, -0.15) is 36.5 Å². The molecule has 22 heteroatoms. The minimum absolute atomic E-state index is 0.00890. The number of aromatic amines is 4. The predicted octanol–water partition coefficient (Wildman–Crippen LogP) is 7.55. The number of carbonyl (C=O) groups is 2. The number of hydrogen-bond acceptors (Lipinski definition) is 10. The van der Waals surface area contributed by atoms with Crippen LogP contribution in [0.25, 0.3) is 22.8 Å². The maximum absolute atomic E-state index is 12.8. The van der Waals surface area contributed by atoms with Gasteiger partial charge in [-0.15, -0.1) is 0 Å². The van der Waals surface area contributed by atoms with Crippen molar-refractivity contribution in [1.82, 2.24) is 50.1 Å². The summed E-state index contributed by atoms with van der Waals surface area (Å²) >= 11 is 0. The molecule has 342 valence electrons. The Morgan fingerprint density at radius 2 is 1.14 bits per heavy atom. The molecular formula is C42H47F7N12O3. The fraction of sp³-hybridized carbons (Fsp3) is 0.381. The molecular weight excluding hydrogens is 854 g/mol. The summed E-state index contributed by atoms with van der Waals surface area (Å²) in [4.78, 5) is 45.3. The molecule has 0 aromatic carbocycles. The molecule has 0 spiro atoms. The third-order valence-electron chi connectivity index (χ3n) is 10.9. The first-order chi connectivity index (χ1) is 30.9. The van der Waals surface area contributed by atoms with Crippen LogP contribution >= 0.6 is 0 Å². The summed E-state index contributed by atoms with van der Waals surface area (Å²) in [5.41, 5.74) is 4.22. The predicted molar refractivity (Wildman–Crippen MR) is 223 cm³/mol. The van der Waals surface area contributed by atoms with Gasteiger partial charge in [0.25, 0.3) is 0 Å². The number of nitrogens with zero attached hydrogens (tertiary/aromatic N) is 8. The smallest absolute Gasteiger partial charge is 0.417 e. The van der Waals surface area contributed by atoms with E-state index in [4.69, 9.17) is 6.48 Å². The number of rotatable bonds is 10. The summed E-state index contributed by atoms with van der Waals surface area (Å²) in [5, 5.41) is 23.3. The standard InChI is InChI=1S/C21H23F3N6O.C20H21F3N6O2.CH3F/c1-13-11-29(5-6-30(13)19-4-3-17(10-26-19)21(22,23)24)12-16-9-27-28-20(16)18-7-15(8-25-18)14(2)31;1-12-10-28(4-5-29(12)17-3-2-15(9-25-17)20(21,22)23)11-14-8-26-27-18(14)16-6-13(7-24-16)19(30)31;1-2/h3-4,7-10,13,25H,5-6,11-12H2,1-2H3,(H,27,28);2-3,6-9,12,24H,4-5,10-11H2,1H3,(H,26,27)(H,30,31);1H3/t13-;12-;/m11./s1/i;;1D. The molecule has 5 N–H and O–H groups in total. The van der Waals surface area contributed by atoms with Crippen molar-refractivity contribution in [2.24, 2.45) is 0 Å². The van der Waals surface area contributed by atoms with Crippen molar-refractivity contribution in [3.63, 3.8) is 0 Å². The van der Waals surface area contributed by atoms with Crippen molar-refractivity contribution < 1.29 is 46.8 Å². The zero-order valence-corrected chi connectivity index (χ0v) is 34.9. The summed E-state index contributed by atoms with van der Waals surface area (Å²) in [6.07, 6.45) is -0.430. The van der Waals surface area contributed by atoms with Crippen molar-refractivity contribution >= 4 is 23.4 Å². The van der Waals surface area contributed by atoms with Gasteiger partial charge in [0.2, 0.25) is 0 Å². The molecule has 2 atom stereocenters. The highest BCUT2D eigenvalue weighted by molar-refractivity contribution is 5.95. The Labute approximate surface area is 364 Å². The van der Waals surface area contributed by atoms with Gasteiger partial charge in [0.15, 0.2) is 5.78 Å². The average Bonchev–Trinajstić information content (AvgIpc) is 4.09. The highest BCUT2D eigenvalue weighted by Gasteiger charge is 2.33. The van der Waals surface area contributed by atoms with Gasteiger partial charge in [0, 0.05) is 106 Å². The molecule has 64 heavy (non-hydrogen) atoms. The number of ketones is 1. The Morgan fingerprint density at radius 3 is 1.47 bits per heavy atom. The Morgan fingerprint density at radius 1 is 0.719 bits per heavy atom. The zero-order chi connectivity index (χ0) is 47.1. The molecule has 2 aliphatic heterocycles. The molecule has 0 amide bonds. The fourth-order valence-corrected chi connectivity index (χ4v) is 7.70. The lowest BCUT2D eigenvalue weighted by molar-refractivity contribution is -0.138. The van der Waals surface area contributed by atoms with Crippen LogP contribution in [0.4, 0.5) is 42.4 Å². The van der Waals surface area contributed by atoms with Crippen LogP contribution in [0, 0.1) is 0 Å². The lowest BCUT2D eigenvalue weighted by Crippen LogP contribution is -2.51. The maximum Gasteiger partial charge on any atom is 0.417 e. The second-order valence-electron chi connectivity index (χ2n) is 15.4. The Balaban J connectivity index is 0.000000203. The van der Waals surface area contributed by atoms with Crippen molar-refractivity contribution in [3.05, 3.63) is 107 Å². The van der Waals surface area contributed by atoms with Crippen LogP contribution in [0.1, 0.15) is 65.1 Å². The molecule has 0 unspecified atom stereocenters. The van der Waals surface area contributed by atoms with Gasteiger partial charge >= 0.3 is 18.3 Å². The summed E-state index contributed by atoms with van der Waals surface area (Å²) in [6.45, 7) is 11.0. The van der Waals surface area contributed by atoms with Crippen LogP contribution < -0.4 is 9.80 Å². The molecule has 15 nitrogen and oxygen atoms in total. The second-order valence-corrected chi connectivity index (χ2v) is 15.4. The van der Waals surface area contributed by atoms with Gasteiger partial charge in [0.05, 0.1) is 60.4 Å². The SMILES string of the molecule is CC(=O)c1c[nH]c(-c2[nH]ncc2CN2CCN(c3ccc(C(F)(F)F)cn3)[C@H](C)C2)c1.C[C@@H]1CN(Cc2cn[nH]c2-c2cc(C(=O)O)c[nH]2)CCN1c1ccc(C(F)(F)F)cn1.[2H]CF. The summed E-state index contributed by atoms with van der Waals surface area (Å²) in [6, 6.07) is 8.47. The number of hydrogen-bond donors (Lipinski definition) is 5. The molecule has 0 bridgehead atoms. The molecule has 0 radical (unpaired) electrons. The van der Waals surface area contributed by atoms with E-state index < -0.39 is 36.6 Å². The van der Waals surface area contributed by atoms with Crippen LogP contribution in [0.15, 0.2) is 73.6 Å². The average molecular weight is 902 g/mol. The molecule has 0 saturated carbocycles. The van der Waals surface area contributed by atoms with Crippen molar-refractivity contribution in [2.45, 2.75) is 58.3 Å². The third-order valence-corrected chi connectivity index (χ3v) is 10.9. The maximum atomic E-state index is 12.8. The summed E-state index contributed by atoms with van der Waals surface area (Å²) in [7, 11) is -1.00. The quantitative estimate of drug-likeness (QED) is 0.0677. The minimum Gasteiger partial charge on any atom is -0.478 e. The molecule has 8 heterocycles. The van der Waals surface area contributed by atoms with E-state index in [9.17, 15) is 40.3 Å². The number of piperazine rings is 2. The monoisotopic (exact) mass is 901 g/mol. The molecule has 8 rings (SSSR count). The third kappa shape index (κ3) is 11.1. The first-order valence-electron chi connectivity index (χ1n) is 20.6. The Hall–Kier alpha value is -6.55. The van der Waals surface area contributed by atoms with Crippen LogP contribution in [0.5, 0.6) is 0 Å². The number of Topliss-reactive ketones (excluding diaryl/α,β-unsaturated/α-hetero) is 1. The van der Waals surface area contributed by atoms with Crippen LogP contribution in [-0.2, 0) is 25.4 Å². The summed E-state index contributed by atoms with van der Waals surface area (Å²) in [5.74, 6) is 0.0554. The number of aromatic carboxylic acids is 1. The van der Waals surface area contributed by atoms with Crippen molar-refractivity contribution in [3.8, 4) is 22.8 Å². The van der Waals surface area contributed by atoms with E-state index in [0.717, 1.165) is 65.8 Å². The lowest BCUT2D eigenvalue weighted by Gasteiger charge is -2.40. The van der Waals surface area contributed by atoms with E-state index in [2.05, 4.69) is 50.1 Å². The van der Waals surface area contributed by atoms with E-state index in [-0.39, 0.29) is 23.4 Å². The molecule has 2 aliphatic rings. The van der Waals surface area contributed by atoms with Crippen LogP contribution in [-0.4, -0.2) is 125 Å². The number of alkyl halides is 7. The molecule has 2 fully saturated rings. The van der Waals surface area contributed by atoms with E-state index in [1.165, 1.54) is 25.3 Å². The fourth-order valence-electron chi connectivity index (χ4n) is 7.70. The molecule has 0 aliphatic carbocycles. The van der Waals surface area contributed by atoms with Crippen LogP contribution in [0.3, 0.4) is 0 Å². The van der Waals surface area contributed by atoms with Gasteiger partial charge in [-0.05, 0) is 57.2 Å². The first-order valence-corrected chi connectivity index (χ1v) is 19.9. The minimum atomic E-state index is -4.40. The van der Waals surface area contributed by atoms with Crippen LogP contribution in [0.2, 0.25) is 0 Å². The number of halogens is 7. The van der Waals surface area contributed by atoms with E-state index >= 15 is 0 Å². The highest BCUT2D eigenvalue weighted by atomic mass is 19.4. The number of anilines is 2. The van der Waals surface area contributed by atoms with E-state index in [1.807, 2.05) is 23.6 Å². The molecule has 6 aromatic heterocycles. The molecule has 6 aromatic rings. The number of nitrogens with one attached hydrogen (secondary N) is 4. The number of carboxylic acids is 1. The van der Waals surface area contributed by atoms with Gasteiger partial charge in [-0.1, -0.05) is 0 Å². The highest BCUT2D eigenvalue weighted by Crippen LogP contribution is 2.32. The summed E-state index contributed by atoms with van der Waals surface area (Å²) < 4.78 is 92.1. The number of pyridine rings is 2. The zero-order valence-electron chi connectivity index (χ0n) is 35.9. The van der Waals surface area contributed by atoms with Crippen molar-refractivity contribution in [1.29, 1.82) is 0 Å². The number of H-pyrrole nitrogens is 4. The first kappa shape index (κ1) is 45.5. The van der Waals surface area contributed by atoms with Gasteiger partial charge in [0.1, 0.15) is 11.6 Å². The normalized spacial score (nSPS) is 17.6. The number of carbonyl (C=O) groups excluding carboxylic acids is 1. The van der Waals surface area contributed by atoms with Gasteiger partial charge < -0.3 is 24.9 Å². The Bertz CT molecular complexity index is 2310. The number of aromatic nitrogens is 8. The van der Waals surface area contributed by atoms with E-state index in [0.29, 0.717) is 62.2 Å². The van der Waals surface area contributed by atoms with Crippen molar-refractivity contribution in [2.75, 3.05) is 56.2 Å².